The summed E-state index contributed by atoms with van der Waals surface area (Å²) in [6, 6.07) is 9.86. The molecule has 0 aliphatic carbocycles. The third kappa shape index (κ3) is 4.29. The Morgan fingerprint density at radius 1 is 1.08 bits per heavy atom. The van der Waals surface area contributed by atoms with E-state index < -0.39 is 8.80 Å². The number of anilines is 1. The number of amides is 2. The highest BCUT2D eigenvalue weighted by Crippen LogP contribution is 2.20. The molecule has 1 N–H and O–H groups in total. The van der Waals surface area contributed by atoms with E-state index in [-0.39, 0.29) is 11.7 Å². The first-order chi connectivity index (χ1) is 12.1. The van der Waals surface area contributed by atoms with Gasteiger partial charge in [-0.3, -0.25) is 4.90 Å². The number of para-hydroxylation sites is 1. The van der Waals surface area contributed by atoms with Crippen molar-refractivity contribution in [3.05, 3.63) is 30.3 Å². The standard InChI is InChI=1S/C18H30N2O4Si/c1-5-19(16-12-10-9-11-13-16)18(21)20-15-14-17(20)25(22-6-2,23-7-3)24-8-4/h9-13,17H,5-8,14-15H2,1-4H3/p+1. The molecule has 1 fully saturated rings. The van der Waals surface area contributed by atoms with Gasteiger partial charge < -0.3 is 13.3 Å². The van der Waals surface area contributed by atoms with Crippen molar-refractivity contribution in [2.45, 2.75) is 39.8 Å². The molecule has 6 nitrogen and oxygen atoms in total. The molecule has 1 aromatic carbocycles. The van der Waals surface area contributed by atoms with Crippen LogP contribution in [-0.2, 0) is 13.3 Å². The van der Waals surface area contributed by atoms with Gasteiger partial charge >= 0.3 is 14.8 Å². The van der Waals surface area contributed by atoms with E-state index in [2.05, 4.69) is 0 Å². The van der Waals surface area contributed by atoms with E-state index in [4.69, 9.17) is 13.3 Å². The van der Waals surface area contributed by atoms with Crippen LogP contribution in [0.5, 0.6) is 0 Å². The lowest BCUT2D eigenvalue weighted by molar-refractivity contribution is -0.877. The van der Waals surface area contributed by atoms with E-state index in [9.17, 15) is 4.79 Å². The van der Waals surface area contributed by atoms with Gasteiger partial charge in [0.25, 0.3) is 0 Å². The number of likely N-dealkylation sites (tertiary alicyclic amines) is 1. The summed E-state index contributed by atoms with van der Waals surface area (Å²) in [7, 11) is -2.88. The Balaban J connectivity index is 2.22. The molecule has 2 atom stereocenters. The first-order valence-corrected chi connectivity index (χ1v) is 11.1. The van der Waals surface area contributed by atoms with Crippen LogP contribution < -0.4 is 9.80 Å². The monoisotopic (exact) mass is 367 g/mol. The van der Waals surface area contributed by atoms with Crippen LogP contribution >= 0.6 is 0 Å². The summed E-state index contributed by atoms with van der Waals surface area (Å²) in [5.74, 6) is 0. The van der Waals surface area contributed by atoms with Crippen molar-refractivity contribution in [3.8, 4) is 0 Å². The van der Waals surface area contributed by atoms with Gasteiger partial charge in [0, 0.05) is 32.1 Å². The van der Waals surface area contributed by atoms with Gasteiger partial charge in [0.1, 0.15) is 0 Å². The third-order valence-corrected chi connectivity index (χ3v) is 8.05. The lowest BCUT2D eigenvalue weighted by Gasteiger charge is -2.44. The summed E-state index contributed by atoms with van der Waals surface area (Å²) in [4.78, 5) is 15.9. The minimum atomic E-state index is -2.88. The Kier molecular flexibility index (Phi) is 7.58. The summed E-state index contributed by atoms with van der Waals surface area (Å²) in [6.45, 7) is 10.8. The number of nitrogens with zero attached hydrogens (tertiary/aromatic N) is 1. The Labute approximate surface area is 152 Å². The summed E-state index contributed by atoms with van der Waals surface area (Å²) >= 11 is 0. The number of benzene rings is 1. The van der Waals surface area contributed by atoms with E-state index in [0.717, 1.165) is 23.6 Å². The van der Waals surface area contributed by atoms with Crippen molar-refractivity contribution in [1.82, 2.24) is 0 Å². The van der Waals surface area contributed by atoms with Crippen LogP contribution in [0.15, 0.2) is 30.3 Å². The average molecular weight is 368 g/mol. The van der Waals surface area contributed by atoms with Gasteiger partial charge in [0.2, 0.25) is 0 Å². The first-order valence-electron chi connectivity index (χ1n) is 9.27. The van der Waals surface area contributed by atoms with Gasteiger partial charge in [-0.25, -0.2) is 9.69 Å². The van der Waals surface area contributed by atoms with Crippen molar-refractivity contribution in [2.75, 3.05) is 37.8 Å². The molecule has 2 amide bonds. The zero-order valence-corrected chi connectivity index (χ0v) is 16.8. The van der Waals surface area contributed by atoms with Crippen LogP contribution in [0, 0.1) is 0 Å². The maximum absolute atomic E-state index is 13.2. The number of quaternary nitrogens is 1. The van der Waals surface area contributed by atoms with Crippen molar-refractivity contribution >= 4 is 20.5 Å². The van der Waals surface area contributed by atoms with Crippen molar-refractivity contribution in [1.29, 1.82) is 0 Å². The number of hydrogen-bond donors (Lipinski definition) is 1. The summed E-state index contributed by atoms with van der Waals surface area (Å²) in [6.07, 6.45) is 0.889. The van der Waals surface area contributed by atoms with Crippen LogP contribution in [0.1, 0.15) is 34.1 Å². The smallest absolute Gasteiger partial charge is 0.370 e. The number of carbonyl (C=O) groups is 1. The molecule has 140 valence electrons. The third-order valence-electron chi connectivity index (χ3n) is 4.49. The maximum Gasteiger partial charge on any atom is 0.563 e. The Morgan fingerprint density at radius 2 is 1.64 bits per heavy atom. The SMILES string of the molecule is CCO[Si](OCC)(OCC)C1CC[NH+]1C(=O)N(CC)c1ccccc1. The fourth-order valence-electron chi connectivity index (χ4n) is 3.33. The normalized spacial score (nSPS) is 20.2. The minimum absolute atomic E-state index is 0.0300. The molecule has 0 spiro atoms. The van der Waals surface area contributed by atoms with Crippen LogP contribution in [0.25, 0.3) is 0 Å². The largest absolute Gasteiger partial charge is 0.563 e. The molecule has 0 aromatic heterocycles. The highest BCUT2D eigenvalue weighted by molar-refractivity contribution is 6.62. The number of hydrogen-bond acceptors (Lipinski definition) is 4. The number of urea groups is 1. The van der Waals surface area contributed by atoms with E-state index in [1.54, 1.807) is 0 Å². The first kappa shape index (κ1) is 20.1. The molecule has 0 saturated carbocycles. The summed E-state index contributed by atoms with van der Waals surface area (Å²) in [5, 5.41) is 0. The van der Waals surface area contributed by atoms with E-state index in [1.165, 1.54) is 0 Å². The van der Waals surface area contributed by atoms with Gasteiger partial charge in [-0.05, 0) is 39.8 Å². The van der Waals surface area contributed by atoms with E-state index in [1.807, 2.05) is 62.9 Å². The maximum atomic E-state index is 13.2. The highest BCUT2D eigenvalue weighted by Gasteiger charge is 2.62. The number of nitrogens with one attached hydrogen (secondary N) is 1. The summed E-state index contributed by atoms with van der Waals surface area (Å²) < 4.78 is 18.1. The predicted octanol–water partition coefficient (Wildman–Crippen LogP) is 1.88. The van der Waals surface area contributed by atoms with Crippen molar-refractivity contribution < 1.29 is 23.0 Å². The van der Waals surface area contributed by atoms with E-state index in [0.29, 0.717) is 26.4 Å². The second-order valence-corrected chi connectivity index (χ2v) is 8.67. The average Bonchev–Trinajstić information content (AvgIpc) is 2.56. The lowest BCUT2D eigenvalue weighted by Crippen LogP contribution is -3.28. The molecule has 7 heteroatoms. The topological polar surface area (TPSA) is 52.4 Å². The molecule has 25 heavy (non-hydrogen) atoms. The molecule has 0 radical (unpaired) electrons. The molecular formula is C18H31N2O4Si+. The second kappa shape index (κ2) is 9.45. The minimum Gasteiger partial charge on any atom is -0.370 e. The molecule has 1 heterocycles. The molecule has 1 aromatic rings. The van der Waals surface area contributed by atoms with E-state index >= 15 is 0 Å². The summed E-state index contributed by atoms with van der Waals surface area (Å²) in [5.41, 5.74) is 0.891. The lowest BCUT2D eigenvalue weighted by atomic mass is 10.2. The number of rotatable bonds is 9. The number of carbonyl (C=O) groups excluding carboxylic acids is 1. The van der Waals surface area contributed by atoms with Crippen LogP contribution in [0.4, 0.5) is 10.5 Å². The van der Waals surface area contributed by atoms with Gasteiger partial charge in [-0.15, -0.1) is 0 Å². The molecule has 2 unspecified atom stereocenters. The quantitative estimate of drug-likeness (QED) is 0.677. The molecule has 1 aliphatic heterocycles. The zero-order chi connectivity index (χ0) is 18.3. The zero-order valence-electron chi connectivity index (χ0n) is 15.8. The van der Waals surface area contributed by atoms with Crippen LogP contribution in [0.2, 0.25) is 0 Å². The van der Waals surface area contributed by atoms with Gasteiger partial charge in [-0.1, -0.05) is 18.2 Å². The van der Waals surface area contributed by atoms with Gasteiger partial charge in [0.15, 0.2) is 5.67 Å². The van der Waals surface area contributed by atoms with Crippen LogP contribution in [0.3, 0.4) is 0 Å². The molecular weight excluding hydrogens is 336 g/mol. The molecule has 0 bridgehead atoms. The Hall–Kier alpha value is -1.25. The Morgan fingerprint density at radius 3 is 2.04 bits per heavy atom. The Bertz CT molecular complexity index is 526. The fraction of sp³-hybridized carbons (Fsp3) is 0.611. The van der Waals surface area contributed by atoms with Gasteiger partial charge in [0.05, 0.1) is 13.0 Å². The van der Waals surface area contributed by atoms with Gasteiger partial charge in [-0.2, -0.15) is 0 Å². The second-order valence-electron chi connectivity index (χ2n) is 5.90. The highest BCUT2D eigenvalue weighted by atomic mass is 28.4. The molecule has 2 rings (SSSR count). The van der Waals surface area contributed by atoms with Crippen LogP contribution in [-0.4, -0.2) is 53.4 Å². The molecule has 1 aliphatic rings. The predicted molar refractivity (Wildman–Crippen MR) is 99.7 cm³/mol. The fourth-order valence-corrected chi connectivity index (χ4v) is 6.59. The van der Waals surface area contributed by atoms with Crippen molar-refractivity contribution in [2.24, 2.45) is 0 Å². The van der Waals surface area contributed by atoms with Crippen molar-refractivity contribution in [3.63, 3.8) is 0 Å². The molecule has 1 saturated heterocycles.